The van der Waals surface area contributed by atoms with Gasteiger partial charge in [0.05, 0.1) is 16.6 Å². The number of amides is 1. The van der Waals surface area contributed by atoms with Crippen molar-refractivity contribution >= 4 is 33.4 Å². The van der Waals surface area contributed by atoms with Crippen LogP contribution in [0.4, 0.5) is 8.78 Å². The third-order valence-electron chi connectivity index (χ3n) is 3.59. The molecule has 7 heteroatoms. The van der Waals surface area contributed by atoms with Gasteiger partial charge in [-0.2, -0.15) is 0 Å². The molecule has 1 amide bonds. The van der Waals surface area contributed by atoms with Crippen LogP contribution in [0.25, 0.3) is 0 Å². The lowest BCUT2D eigenvalue weighted by atomic mass is 10.0. The molecule has 0 aromatic heterocycles. The molecule has 1 unspecified atom stereocenters. The van der Waals surface area contributed by atoms with Gasteiger partial charge in [0.15, 0.2) is 0 Å². The zero-order valence-electron chi connectivity index (χ0n) is 13.1. The van der Waals surface area contributed by atoms with Crippen LogP contribution in [0.2, 0.25) is 5.02 Å². The molecule has 2 aromatic carbocycles. The number of halogens is 4. The summed E-state index contributed by atoms with van der Waals surface area (Å²) in [4.78, 5) is 14.0. The van der Waals surface area contributed by atoms with Gasteiger partial charge in [0.25, 0.3) is 5.91 Å². The lowest BCUT2D eigenvalue weighted by molar-refractivity contribution is 0.0941. The Bertz CT molecular complexity index is 735. The molecule has 0 saturated heterocycles. The number of carbonyl (C=O) groups is 1. The van der Waals surface area contributed by atoms with Crippen LogP contribution in [0.3, 0.4) is 0 Å². The second-order valence-corrected chi connectivity index (χ2v) is 6.77. The Morgan fingerprint density at radius 1 is 1.25 bits per heavy atom. The third kappa shape index (κ3) is 4.32. The molecule has 0 bridgehead atoms. The molecule has 1 atom stereocenters. The molecule has 0 saturated carbocycles. The van der Waals surface area contributed by atoms with E-state index < -0.39 is 23.6 Å². The summed E-state index contributed by atoms with van der Waals surface area (Å²) in [5, 5.41) is 2.98. The molecule has 0 radical (unpaired) electrons. The summed E-state index contributed by atoms with van der Waals surface area (Å²) in [6, 6.07) is 7.95. The second kappa shape index (κ2) is 8.05. The van der Waals surface area contributed by atoms with Gasteiger partial charge in [0.1, 0.15) is 11.6 Å². The summed E-state index contributed by atoms with van der Waals surface area (Å²) in [5.74, 6) is -1.71. The number of likely N-dealkylation sites (N-methyl/N-ethyl adjacent to an activating group) is 1. The van der Waals surface area contributed by atoms with Crippen molar-refractivity contribution in [1.82, 2.24) is 10.2 Å². The highest BCUT2D eigenvalue weighted by Gasteiger charge is 2.23. The fraction of sp³-hybridized carbons (Fsp3) is 0.235. The first kappa shape index (κ1) is 18.8. The van der Waals surface area contributed by atoms with Crippen LogP contribution in [0.15, 0.2) is 40.9 Å². The quantitative estimate of drug-likeness (QED) is 0.781. The molecule has 0 heterocycles. The highest BCUT2D eigenvalue weighted by molar-refractivity contribution is 9.10. The van der Waals surface area contributed by atoms with Gasteiger partial charge in [0, 0.05) is 16.6 Å². The van der Waals surface area contributed by atoms with Crippen molar-refractivity contribution in [3.63, 3.8) is 0 Å². The van der Waals surface area contributed by atoms with Crippen LogP contribution in [0, 0.1) is 11.6 Å². The fourth-order valence-electron chi connectivity index (χ4n) is 2.33. The summed E-state index contributed by atoms with van der Waals surface area (Å²) >= 11 is 9.30. The molecule has 0 fully saturated rings. The topological polar surface area (TPSA) is 32.3 Å². The van der Waals surface area contributed by atoms with E-state index in [4.69, 9.17) is 11.6 Å². The smallest absolute Gasteiger partial charge is 0.252 e. The lowest BCUT2D eigenvalue weighted by Gasteiger charge is -2.26. The number of hydrogen-bond acceptors (Lipinski definition) is 2. The largest absolute Gasteiger partial charge is 0.350 e. The van der Waals surface area contributed by atoms with Crippen LogP contribution in [0.1, 0.15) is 22.0 Å². The van der Waals surface area contributed by atoms with E-state index in [1.54, 1.807) is 37.2 Å². The van der Waals surface area contributed by atoms with Gasteiger partial charge in [-0.3, -0.25) is 4.79 Å². The molecule has 0 aliphatic carbocycles. The minimum Gasteiger partial charge on any atom is -0.350 e. The van der Waals surface area contributed by atoms with Crippen molar-refractivity contribution in [2.24, 2.45) is 0 Å². The molecule has 2 aromatic rings. The predicted octanol–water partition coefficient (Wildman–Crippen LogP) is 4.41. The van der Waals surface area contributed by atoms with Gasteiger partial charge < -0.3 is 10.2 Å². The van der Waals surface area contributed by atoms with Crippen molar-refractivity contribution in [3.05, 3.63) is 68.7 Å². The first-order chi connectivity index (χ1) is 11.3. The maximum absolute atomic E-state index is 14.0. The van der Waals surface area contributed by atoms with Gasteiger partial charge in [-0.05, 0) is 44.4 Å². The second-order valence-electron chi connectivity index (χ2n) is 5.45. The number of nitrogens with zero attached hydrogens (tertiary/aromatic N) is 1. The maximum atomic E-state index is 14.0. The van der Waals surface area contributed by atoms with Crippen LogP contribution < -0.4 is 5.32 Å². The minimum absolute atomic E-state index is 0.0343. The molecule has 2 rings (SSSR count). The van der Waals surface area contributed by atoms with Crippen molar-refractivity contribution in [3.8, 4) is 0 Å². The summed E-state index contributed by atoms with van der Waals surface area (Å²) in [6.07, 6.45) is 0. The average molecular weight is 418 g/mol. The predicted molar refractivity (Wildman–Crippen MR) is 94.3 cm³/mol. The Balaban J connectivity index is 2.21. The molecular weight excluding hydrogens is 402 g/mol. The number of benzene rings is 2. The first-order valence-electron chi connectivity index (χ1n) is 7.15. The highest BCUT2D eigenvalue weighted by Crippen LogP contribution is 2.25. The lowest BCUT2D eigenvalue weighted by Crippen LogP contribution is -2.35. The van der Waals surface area contributed by atoms with E-state index in [0.717, 1.165) is 0 Å². The van der Waals surface area contributed by atoms with E-state index >= 15 is 0 Å². The molecule has 24 heavy (non-hydrogen) atoms. The van der Waals surface area contributed by atoms with Crippen LogP contribution in [-0.2, 0) is 0 Å². The average Bonchev–Trinajstić information content (AvgIpc) is 2.51. The van der Waals surface area contributed by atoms with E-state index in [2.05, 4.69) is 21.2 Å². The Hall–Kier alpha value is -1.50. The zero-order valence-corrected chi connectivity index (χ0v) is 15.5. The molecule has 0 aliphatic rings. The summed E-state index contributed by atoms with van der Waals surface area (Å²) < 4.78 is 28.7. The standard InChI is InChI=1S/C17H16BrClF2N2O/c1-23(2)15(16-13(20)4-3-5-14(16)21)9-22-17(24)11-8-10(18)6-7-12(11)19/h3-8,15H,9H2,1-2H3,(H,22,24). The monoisotopic (exact) mass is 416 g/mol. The maximum Gasteiger partial charge on any atom is 0.252 e. The number of carbonyl (C=O) groups excluding carboxylic acids is 1. The summed E-state index contributed by atoms with van der Waals surface area (Å²) in [5.41, 5.74) is 0.209. The van der Waals surface area contributed by atoms with Crippen LogP contribution in [-0.4, -0.2) is 31.4 Å². The molecule has 3 nitrogen and oxygen atoms in total. The Labute approximate surface area is 152 Å². The van der Waals surface area contributed by atoms with Crippen molar-refractivity contribution in [2.75, 3.05) is 20.6 Å². The normalized spacial score (nSPS) is 12.3. The number of rotatable bonds is 5. The molecule has 128 valence electrons. The summed E-state index contributed by atoms with van der Waals surface area (Å²) in [7, 11) is 3.38. The Morgan fingerprint density at radius 3 is 2.46 bits per heavy atom. The van der Waals surface area contributed by atoms with Gasteiger partial charge >= 0.3 is 0 Å². The number of nitrogens with one attached hydrogen (secondary N) is 1. The van der Waals surface area contributed by atoms with E-state index in [9.17, 15) is 13.6 Å². The first-order valence-corrected chi connectivity index (χ1v) is 8.32. The van der Waals surface area contributed by atoms with Gasteiger partial charge in [-0.15, -0.1) is 0 Å². The van der Waals surface area contributed by atoms with Gasteiger partial charge in [-0.25, -0.2) is 8.78 Å². The van der Waals surface area contributed by atoms with Gasteiger partial charge in [-0.1, -0.05) is 33.6 Å². The zero-order chi connectivity index (χ0) is 17.9. The van der Waals surface area contributed by atoms with Crippen molar-refractivity contribution < 1.29 is 13.6 Å². The number of hydrogen-bond donors (Lipinski definition) is 1. The SMILES string of the molecule is CN(C)C(CNC(=O)c1cc(Br)ccc1Cl)c1c(F)cccc1F. The molecule has 0 aliphatic heterocycles. The summed E-state index contributed by atoms with van der Waals surface area (Å²) in [6.45, 7) is 0.0343. The third-order valence-corrected chi connectivity index (χ3v) is 4.41. The highest BCUT2D eigenvalue weighted by atomic mass is 79.9. The fourth-order valence-corrected chi connectivity index (χ4v) is 2.89. The van der Waals surface area contributed by atoms with Crippen molar-refractivity contribution in [2.45, 2.75) is 6.04 Å². The molecule has 1 N–H and O–H groups in total. The van der Waals surface area contributed by atoms with Crippen LogP contribution >= 0.6 is 27.5 Å². The van der Waals surface area contributed by atoms with E-state index in [1.807, 2.05) is 0 Å². The van der Waals surface area contributed by atoms with E-state index in [1.165, 1.54) is 18.2 Å². The Morgan fingerprint density at radius 2 is 1.88 bits per heavy atom. The van der Waals surface area contributed by atoms with Gasteiger partial charge in [0.2, 0.25) is 0 Å². The van der Waals surface area contributed by atoms with E-state index in [-0.39, 0.29) is 17.7 Å². The van der Waals surface area contributed by atoms with E-state index in [0.29, 0.717) is 9.50 Å². The minimum atomic E-state index is -0.652. The Kier molecular flexibility index (Phi) is 6.32. The van der Waals surface area contributed by atoms with Crippen molar-refractivity contribution in [1.29, 1.82) is 0 Å². The van der Waals surface area contributed by atoms with Crippen LogP contribution in [0.5, 0.6) is 0 Å². The molecule has 0 spiro atoms. The molecular formula is C17H16BrClF2N2O.